The van der Waals surface area contributed by atoms with E-state index in [0.717, 1.165) is 29.5 Å². The normalized spacial score (nSPS) is 11.2. The SMILES string of the molecule is CCCCCn1c(=N)n(C(=N)c2ccnc(C)c2)c(=O)c2[nH]c(Br)nc21. The predicted octanol–water partition coefficient (Wildman–Crippen LogP) is 2.54. The van der Waals surface area contributed by atoms with Gasteiger partial charge in [0.2, 0.25) is 5.62 Å². The zero-order valence-corrected chi connectivity index (χ0v) is 16.2. The Bertz CT molecular complexity index is 1090. The maximum atomic E-state index is 12.9. The van der Waals surface area contributed by atoms with Crippen LogP contribution in [0.2, 0.25) is 0 Å². The van der Waals surface area contributed by atoms with E-state index in [2.05, 4.69) is 37.8 Å². The first kappa shape index (κ1) is 18.2. The highest BCUT2D eigenvalue weighted by molar-refractivity contribution is 9.10. The van der Waals surface area contributed by atoms with Crippen LogP contribution >= 0.6 is 15.9 Å². The van der Waals surface area contributed by atoms with Crippen LogP contribution in [0, 0.1) is 17.7 Å². The molecule has 0 amide bonds. The van der Waals surface area contributed by atoms with Gasteiger partial charge in [-0.25, -0.2) is 9.55 Å². The molecule has 3 N–H and O–H groups in total. The van der Waals surface area contributed by atoms with Gasteiger partial charge in [-0.15, -0.1) is 0 Å². The Morgan fingerprint density at radius 2 is 2.15 bits per heavy atom. The van der Waals surface area contributed by atoms with Crippen molar-refractivity contribution in [3.8, 4) is 0 Å². The number of aromatic nitrogens is 5. The third kappa shape index (κ3) is 3.26. The predicted molar refractivity (Wildman–Crippen MR) is 103 cm³/mol. The molecule has 9 heteroatoms. The number of hydrogen-bond donors (Lipinski definition) is 3. The maximum absolute atomic E-state index is 12.9. The van der Waals surface area contributed by atoms with Gasteiger partial charge >= 0.3 is 0 Å². The quantitative estimate of drug-likeness (QED) is 0.256. The van der Waals surface area contributed by atoms with Crippen LogP contribution in [0.25, 0.3) is 11.2 Å². The minimum absolute atomic E-state index is 0.0534. The Balaban J connectivity index is 2.23. The molecule has 0 fully saturated rings. The summed E-state index contributed by atoms with van der Waals surface area (Å²) in [7, 11) is 0. The van der Waals surface area contributed by atoms with Gasteiger partial charge < -0.3 is 4.98 Å². The van der Waals surface area contributed by atoms with Crippen LogP contribution in [-0.2, 0) is 6.54 Å². The van der Waals surface area contributed by atoms with E-state index in [-0.39, 0.29) is 17.0 Å². The summed E-state index contributed by atoms with van der Waals surface area (Å²) in [5.74, 6) is -0.0534. The van der Waals surface area contributed by atoms with Gasteiger partial charge in [-0.2, -0.15) is 0 Å². The lowest BCUT2D eigenvalue weighted by Gasteiger charge is -2.14. The first-order valence-corrected chi connectivity index (χ1v) is 9.21. The number of aromatic amines is 1. The lowest BCUT2D eigenvalue weighted by Crippen LogP contribution is -2.44. The number of fused-ring (bicyclic) bond motifs is 1. The van der Waals surface area contributed by atoms with E-state index in [0.29, 0.717) is 22.5 Å². The molecule has 0 unspecified atom stereocenters. The summed E-state index contributed by atoms with van der Waals surface area (Å²) in [5.41, 5.74) is 1.46. The Labute approximate surface area is 158 Å². The number of nitrogens with one attached hydrogen (secondary N) is 3. The minimum Gasteiger partial charge on any atom is -0.327 e. The number of H-pyrrole nitrogens is 1. The first-order valence-electron chi connectivity index (χ1n) is 8.41. The van der Waals surface area contributed by atoms with Crippen molar-refractivity contribution < 1.29 is 0 Å². The molecule has 0 spiro atoms. The van der Waals surface area contributed by atoms with Crippen molar-refractivity contribution in [1.82, 2.24) is 24.1 Å². The van der Waals surface area contributed by atoms with E-state index in [1.54, 1.807) is 22.9 Å². The van der Waals surface area contributed by atoms with Gasteiger partial charge in [0.1, 0.15) is 5.84 Å². The smallest absolute Gasteiger partial charge is 0.286 e. The second-order valence-electron chi connectivity index (χ2n) is 6.08. The summed E-state index contributed by atoms with van der Waals surface area (Å²) in [4.78, 5) is 24.3. The number of imidazole rings is 1. The molecule has 0 bridgehead atoms. The molecule has 0 aliphatic heterocycles. The zero-order chi connectivity index (χ0) is 18.8. The van der Waals surface area contributed by atoms with Crippen LogP contribution in [0.5, 0.6) is 0 Å². The van der Waals surface area contributed by atoms with E-state index in [4.69, 9.17) is 10.8 Å². The molecule has 3 rings (SSSR count). The van der Waals surface area contributed by atoms with Gasteiger partial charge in [-0.3, -0.25) is 25.2 Å². The molecule has 0 aliphatic rings. The third-order valence-corrected chi connectivity index (χ3v) is 4.55. The average molecular weight is 418 g/mol. The monoisotopic (exact) mass is 417 g/mol. The van der Waals surface area contributed by atoms with Gasteiger partial charge in [0, 0.05) is 24.0 Å². The van der Waals surface area contributed by atoms with E-state index in [1.165, 1.54) is 0 Å². The highest BCUT2D eigenvalue weighted by Gasteiger charge is 2.18. The summed E-state index contributed by atoms with van der Waals surface area (Å²) >= 11 is 3.26. The van der Waals surface area contributed by atoms with Crippen LogP contribution in [0.1, 0.15) is 37.4 Å². The fraction of sp³-hybridized carbons (Fsp3) is 0.353. The Morgan fingerprint density at radius 3 is 2.85 bits per heavy atom. The second kappa shape index (κ2) is 7.36. The Kier molecular flexibility index (Phi) is 5.17. The van der Waals surface area contributed by atoms with Crippen molar-refractivity contribution in [2.24, 2.45) is 0 Å². The Hall–Kier alpha value is -2.55. The van der Waals surface area contributed by atoms with E-state index >= 15 is 0 Å². The van der Waals surface area contributed by atoms with Crippen molar-refractivity contribution in [3.63, 3.8) is 0 Å². The molecule has 8 nitrogen and oxygen atoms in total. The number of pyridine rings is 1. The number of hydrogen-bond acceptors (Lipinski definition) is 5. The molecule has 0 saturated heterocycles. The standard InChI is InChI=1S/C17H20BrN7O/c1-3-4-5-8-24-14-12(22-16(18)23-14)15(26)25(17(24)20)13(19)11-6-7-21-10(2)9-11/h6-7,9,19-20H,3-5,8H2,1-2H3,(H,22,23). The van der Waals surface area contributed by atoms with Crippen molar-refractivity contribution in [3.05, 3.63) is 50.3 Å². The molecule has 136 valence electrons. The van der Waals surface area contributed by atoms with E-state index in [1.807, 2.05) is 6.92 Å². The largest absolute Gasteiger partial charge is 0.327 e. The lowest BCUT2D eigenvalue weighted by atomic mass is 10.2. The summed E-state index contributed by atoms with van der Waals surface area (Å²) in [5, 5.41) is 17.0. The number of nitrogens with zero attached hydrogens (tertiary/aromatic N) is 4. The van der Waals surface area contributed by atoms with Gasteiger partial charge in [-0.05, 0) is 41.4 Å². The number of rotatable bonds is 5. The number of halogens is 1. The zero-order valence-electron chi connectivity index (χ0n) is 14.6. The minimum atomic E-state index is -0.464. The van der Waals surface area contributed by atoms with Crippen molar-refractivity contribution in [1.29, 1.82) is 10.8 Å². The van der Waals surface area contributed by atoms with Crippen molar-refractivity contribution in [2.75, 3.05) is 0 Å². The highest BCUT2D eigenvalue weighted by atomic mass is 79.9. The second-order valence-corrected chi connectivity index (χ2v) is 6.83. The first-order chi connectivity index (χ1) is 12.4. The van der Waals surface area contributed by atoms with Crippen LogP contribution in [0.3, 0.4) is 0 Å². The fourth-order valence-corrected chi connectivity index (χ4v) is 3.24. The van der Waals surface area contributed by atoms with Gasteiger partial charge in [0.05, 0.1) is 0 Å². The van der Waals surface area contributed by atoms with Crippen LogP contribution < -0.4 is 11.2 Å². The number of unbranched alkanes of at least 4 members (excludes halogenated alkanes) is 2. The Morgan fingerprint density at radius 1 is 1.38 bits per heavy atom. The molecule has 3 aromatic rings. The fourth-order valence-electron chi connectivity index (χ4n) is 2.87. The van der Waals surface area contributed by atoms with Crippen LogP contribution in [-0.4, -0.2) is 29.9 Å². The van der Waals surface area contributed by atoms with Crippen molar-refractivity contribution in [2.45, 2.75) is 39.7 Å². The van der Waals surface area contributed by atoms with Gasteiger partial charge in [0.15, 0.2) is 15.9 Å². The summed E-state index contributed by atoms with van der Waals surface area (Å²) < 4.78 is 3.21. The van der Waals surface area contributed by atoms with Crippen LogP contribution in [0.4, 0.5) is 0 Å². The van der Waals surface area contributed by atoms with Gasteiger partial charge in [-0.1, -0.05) is 19.8 Å². The molecule has 26 heavy (non-hydrogen) atoms. The van der Waals surface area contributed by atoms with E-state index in [9.17, 15) is 4.79 Å². The topological polar surface area (TPSA) is 116 Å². The molecular formula is C17H20BrN7O. The van der Waals surface area contributed by atoms with E-state index < -0.39 is 5.56 Å². The molecule has 0 radical (unpaired) electrons. The molecule has 3 heterocycles. The summed E-state index contributed by atoms with van der Waals surface area (Å²) in [6.45, 7) is 4.49. The molecule has 0 atom stereocenters. The summed E-state index contributed by atoms with van der Waals surface area (Å²) in [6, 6.07) is 3.39. The average Bonchev–Trinajstić information content (AvgIpc) is 3.00. The molecule has 0 aromatic carbocycles. The highest BCUT2D eigenvalue weighted by Crippen LogP contribution is 2.12. The third-order valence-electron chi connectivity index (χ3n) is 4.17. The maximum Gasteiger partial charge on any atom is 0.286 e. The van der Waals surface area contributed by atoms with Crippen molar-refractivity contribution >= 4 is 32.9 Å². The van der Waals surface area contributed by atoms with Gasteiger partial charge in [0.25, 0.3) is 5.56 Å². The molecular weight excluding hydrogens is 398 g/mol. The molecule has 3 aromatic heterocycles. The van der Waals surface area contributed by atoms with Crippen LogP contribution in [0.15, 0.2) is 27.9 Å². The molecule has 0 saturated carbocycles. The lowest BCUT2D eigenvalue weighted by molar-refractivity contribution is 0.567. The number of aryl methyl sites for hydroxylation is 2. The summed E-state index contributed by atoms with van der Waals surface area (Å²) in [6.07, 6.45) is 4.52. The molecule has 0 aliphatic carbocycles.